The molecule has 6 nitrogen and oxygen atoms in total. The molecule has 0 radical (unpaired) electrons. The standard InChI is InChI=1S/C40H32B2N2O4/c45-41(46)33-19-7-1-13-27(33)25-43-35-21-9-3-15-29(35)39(30-16-4-10-22-36(30)43)40-31-17-5-11-23-37(31)44(38-24-12-6-18-32(38)40)26-28-14-2-8-20-34(28)42(47)48/h1-24,45-48H,25-26H2/q+2. The van der Waals surface area contributed by atoms with Crippen molar-refractivity contribution in [1.82, 2.24) is 0 Å². The fourth-order valence-corrected chi connectivity index (χ4v) is 7.31. The van der Waals surface area contributed by atoms with Gasteiger partial charge in [-0.15, -0.1) is 0 Å². The van der Waals surface area contributed by atoms with Crippen LogP contribution in [0.25, 0.3) is 54.7 Å². The first-order chi connectivity index (χ1) is 23.5. The monoisotopic (exact) mass is 626 g/mol. The number of fused-ring (bicyclic) bond motifs is 4. The predicted octanol–water partition coefficient (Wildman–Crippen LogP) is 4.00. The molecule has 8 heteroatoms. The van der Waals surface area contributed by atoms with Gasteiger partial charge in [-0.1, -0.05) is 97.1 Å². The molecule has 0 bridgehead atoms. The Hall–Kier alpha value is -5.37. The van der Waals surface area contributed by atoms with Crippen LogP contribution in [0.15, 0.2) is 146 Å². The molecule has 0 amide bonds. The zero-order valence-electron chi connectivity index (χ0n) is 26.1. The summed E-state index contributed by atoms with van der Waals surface area (Å²) in [5.74, 6) is 0. The number of hydrogen-bond acceptors (Lipinski definition) is 4. The quantitative estimate of drug-likeness (QED) is 0.123. The van der Waals surface area contributed by atoms with Gasteiger partial charge in [-0.2, -0.15) is 9.13 Å². The molecule has 48 heavy (non-hydrogen) atoms. The molecule has 0 saturated carbocycles. The molecule has 4 N–H and O–H groups in total. The molecule has 0 fully saturated rings. The Kier molecular flexibility index (Phi) is 7.71. The highest BCUT2D eigenvalue weighted by Crippen LogP contribution is 2.41. The zero-order valence-corrected chi connectivity index (χ0v) is 26.1. The lowest BCUT2D eigenvalue weighted by Crippen LogP contribution is -2.42. The second-order valence-electron chi connectivity index (χ2n) is 12.1. The SMILES string of the molecule is OB(O)c1ccccc1C[n+]1c2ccccc2c(-c2c3ccccc3[n+](Cc3ccccc3B(O)O)c3ccccc23)c2ccccc21. The summed E-state index contributed by atoms with van der Waals surface area (Å²) in [7, 11) is -3.14. The first-order valence-electron chi connectivity index (χ1n) is 16.1. The van der Waals surface area contributed by atoms with Gasteiger partial charge in [-0.3, -0.25) is 0 Å². The second-order valence-corrected chi connectivity index (χ2v) is 12.1. The van der Waals surface area contributed by atoms with Crippen LogP contribution in [0.2, 0.25) is 0 Å². The van der Waals surface area contributed by atoms with Gasteiger partial charge in [-0.05, 0) is 35.2 Å². The zero-order chi connectivity index (χ0) is 32.8. The third-order valence-corrected chi connectivity index (χ3v) is 9.43. The van der Waals surface area contributed by atoms with E-state index in [0.717, 1.165) is 65.9 Å². The van der Waals surface area contributed by atoms with E-state index in [0.29, 0.717) is 24.0 Å². The van der Waals surface area contributed by atoms with E-state index >= 15 is 0 Å². The van der Waals surface area contributed by atoms with Gasteiger partial charge in [0, 0.05) is 46.5 Å². The fourth-order valence-electron chi connectivity index (χ4n) is 7.31. The second kappa shape index (κ2) is 12.3. The molecule has 0 spiro atoms. The lowest BCUT2D eigenvalue weighted by molar-refractivity contribution is -0.636. The first-order valence-corrected chi connectivity index (χ1v) is 16.1. The number of nitrogens with zero attached hydrogens (tertiary/aromatic N) is 2. The highest BCUT2D eigenvalue weighted by atomic mass is 16.4. The van der Waals surface area contributed by atoms with Gasteiger partial charge in [0.05, 0.1) is 21.5 Å². The minimum Gasteiger partial charge on any atom is -0.423 e. The maximum Gasteiger partial charge on any atom is 0.488 e. The summed E-state index contributed by atoms with van der Waals surface area (Å²) in [6, 6.07) is 48.6. The van der Waals surface area contributed by atoms with Crippen LogP contribution in [-0.2, 0) is 13.1 Å². The summed E-state index contributed by atoms with van der Waals surface area (Å²) >= 11 is 0. The summed E-state index contributed by atoms with van der Waals surface area (Å²) in [6.07, 6.45) is 0. The Balaban J connectivity index is 1.46. The van der Waals surface area contributed by atoms with Gasteiger partial charge < -0.3 is 20.1 Å². The Morgan fingerprint density at radius 2 is 0.625 bits per heavy atom. The average Bonchev–Trinajstić information content (AvgIpc) is 3.12. The molecule has 8 aromatic rings. The van der Waals surface area contributed by atoms with Crippen LogP contribution in [0, 0.1) is 0 Å². The summed E-state index contributed by atoms with van der Waals surface area (Å²) in [4.78, 5) is 0. The van der Waals surface area contributed by atoms with Crippen LogP contribution >= 0.6 is 0 Å². The van der Waals surface area contributed by atoms with Crippen LogP contribution in [-0.4, -0.2) is 34.3 Å². The van der Waals surface area contributed by atoms with Crippen molar-refractivity contribution >= 4 is 68.8 Å². The fraction of sp³-hybridized carbons (Fsp3) is 0.0500. The number of para-hydroxylation sites is 4. The molecule has 2 aromatic heterocycles. The molecular weight excluding hydrogens is 594 g/mol. The summed E-state index contributed by atoms with van der Waals surface area (Å²) in [6.45, 7) is 0.920. The molecule has 0 atom stereocenters. The maximum absolute atomic E-state index is 10.2. The number of hydrogen-bond donors (Lipinski definition) is 4. The van der Waals surface area contributed by atoms with E-state index in [1.165, 1.54) is 0 Å². The molecule has 230 valence electrons. The summed E-state index contributed by atoms with van der Waals surface area (Å²) in [5.41, 5.74) is 9.03. The molecule has 0 unspecified atom stereocenters. The summed E-state index contributed by atoms with van der Waals surface area (Å²) < 4.78 is 4.53. The van der Waals surface area contributed by atoms with E-state index < -0.39 is 14.2 Å². The molecule has 6 aromatic carbocycles. The largest absolute Gasteiger partial charge is 0.488 e. The predicted molar refractivity (Wildman–Crippen MR) is 193 cm³/mol. The third-order valence-electron chi connectivity index (χ3n) is 9.43. The van der Waals surface area contributed by atoms with Crippen molar-refractivity contribution in [3.8, 4) is 11.1 Å². The van der Waals surface area contributed by atoms with Crippen molar-refractivity contribution in [1.29, 1.82) is 0 Å². The Morgan fingerprint density at radius 1 is 0.354 bits per heavy atom. The smallest absolute Gasteiger partial charge is 0.423 e. The molecule has 0 saturated heterocycles. The van der Waals surface area contributed by atoms with Crippen molar-refractivity contribution in [3.05, 3.63) is 157 Å². The number of benzene rings is 6. The van der Waals surface area contributed by atoms with Crippen LogP contribution in [0.1, 0.15) is 11.1 Å². The van der Waals surface area contributed by atoms with Gasteiger partial charge in [0.15, 0.2) is 13.1 Å². The van der Waals surface area contributed by atoms with Crippen molar-refractivity contribution < 1.29 is 29.2 Å². The van der Waals surface area contributed by atoms with E-state index in [2.05, 4.69) is 81.9 Å². The molecule has 0 aliphatic rings. The molecule has 0 aliphatic carbocycles. The van der Waals surface area contributed by atoms with Gasteiger partial charge in [0.25, 0.3) is 0 Å². The molecular formula is C40H32B2N2O4+2. The van der Waals surface area contributed by atoms with E-state index in [1.54, 1.807) is 12.1 Å². The minimum absolute atomic E-state index is 0.460. The molecule has 2 heterocycles. The van der Waals surface area contributed by atoms with E-state index in [9.17, 15) is 20.1 Å². The Labute approximate surface area is 278 Å². The van der Waals surface area contributed by atoms with E-state index in [4.69, 9.17) is 0 Å². The maximum atomic E-state index is 10.2. The van der Waals surface area contributed by atoms with Crippen LogP contribution in [0.4, 0.5) is 0 Å². The highest BCUT2D eigenvalue weighted by molar-refractivity contribution is 6.59. The van der Waals surface area contributed by atoms with Gasteiger partial charge >= 0.3 is 14.2 Å². The first kappa shape index (κ1) is 30.0. The Morgan fingerprint density at radius 3 is 0.938 bits per heavy atom. The normalized spacial score (nSPS) is 11.5. The average molecular weight is 626 g/mol. The topological polar surface area (TPSA) is 88.7 Å². The van der Waals surface area contributed by atoms with Crippen molar-refractivity contribution in [3.63, 3.8) is 0 Å². The van der Waals surface area contributed by atoms with Gasteiger partial charge in [0.2, 0.25) is 22.1 Å². The van der Waals surface area contributed by atoms with Gasteiger partial charge in [-0.25, -0.2) is 0 Å². The van der Waals surface area contributed by atoms with Crippen LogP contribution < -0.4 is 20.1 Å². The number of aromatic nitrogens is 2. The summed E-state index contributed by atoms with van der Waals surface area (Å²) in [5, 5.41) is 45.1. The number of rotatable bonds is 7. The molecule has 8 rings (SSSR count). The third kappa shape index (κ3) is 5.03. The van der Waals surface area contributed by atoms with Crippen LogP contribution in [0.5, 0.6) is 0 Å². The van der Waals surface area contributed by atoms with Crippen molar-refractivity contribution in [2.45, 2.75) is 13.1 Å². The van der Waals surface area contributed by atoms with Gasteiger partial charge in [0.1, 0.15) is 0 Å². The lowest BCUT2D eigenvalue weighted by atomic mass is 9.77. The van der Waals surface area contributed by atoms with E-state index in [1.807, 2.05) is 60.7 Å². The van der Waals surface area contributed by atoms with E-state index in [-0.39, 0.29) is 0 Å². The highest BCUT2D eigenvalue weighted by Gasteiger charge is 2.29. The Bertz CT molecular complexity index is 2210. The molecule has 0 aliphatic heterocycles. The van der Waals surface area contributed by atoms with Crippen molar-refractivity contribution in [2.75, 3.05) is 0 Å². The van der Waals surface area contributed by atoms with Crippen molar-refractivity contribution in [2.24, 2.45) is 0 Å². The minimum atomic E-state index is -1.57. The lowest BCUT2D eigenvalue weighted by Gasteiger charge is -2.17. The number of pyridine rings is 2. The van der Waals surface area contributed by atoms with Crippen LogP contribution in [0.3, 0.4) is 0 Å².